The van der Waals surface area contributed by atoms with Crippen LogP contribution in [0.3, 0.4) is 0 Å². The van der Waals surface area contributed by atoms with Crippen LogP contribution in [0.1, 0.15) is 25.6 Å². The first-order valence-electron chi connectivity index (χ1n) is 6.27. The van der Waals surface area contributed by atoms with Gasteiger partial charge in [0.1, 0.15) is 11.3 Å². The zero-order valence-electron chi connectivity index (χ0n) is 10.7. The zero-order chi connectivity index (χ0) is 12.5. The number of pyridine rings is 1. The summed E-state index contributed by atoms with van der Waals surface area (Å²) >= 11 is 0.0492. The number of aromatic nitrogens is 3. The summed E-state index contributed by atoms with van der Waals surface area (Å²) in [5.41, 5.74) is 2.30. The maximum Gasteiger partial charge on any atom is 0.109 e. The van der Waals surface area contributed by atoms with Gasteiger partial charge < -0.3 is 4.57 Å². The number of halogens is 1. The molecule has 0 atom stereocenters. The first kappa shape index (κ1) is 12.0. The molecule has 1 aliphatic heterocycles. The lowest BCUT2D eigenvalue weighted by Gasteiger charge is -2.02. The van der Waals surface area contributed by atoms with E-state index in [2.05, 4.69) is 37.7 Å². The van der Waals surface area contributed by atoms with Crippen LogP contribution in [0.2, 0.25) is 0 Å². The van der Waals surface area contributed by atoms with Crippen LogP contribution in [0.25, 0.3) is 21.2 Å². The van der Waals surface area contributed by atoms with Gasteiger partial charge >= 0.3 is 0 Å². The van der Waals surface area contributed by atoms with Gasteiger partial charge in [0.15, 0.2) is 0 Å². The predicted octanol–water partition coefficient (Wildman–Crippen LogP) is 1.62. The minimum Gasteiger partial charge on any atom is -0.331 e. The number of hydrogen-bond acceptors (Lipinski definition) is 2. The smallest absolute Gasteiger partial charge is 0.109 e. The third kappa shape index (κ3) is 1.92. The predicted molar refractivity (Wildman–Crippen MR) is 85.4 cm³/mol. The number of rotatable bonds is 3. The second kappa shape index (κ2) is 4.91. The minimum atomic E-state index is 0.0492. The average molecular weight is 353 g/mol. The van der Waals surface area contributed by atoms with Crippen molar-refractivity contribution in [2.45, 2.75) is 26.2 Å². The van der Waals surface area contributed by atoms with Crippen LogP contribution in [-0.2, 0) is 13.5 Å². The van der Waals surface area contributed by atoms with Crippen molar-refractivity contribution >= 4 is 45.9 Å². The quantitative estimate of drug-likeness (QED) is 0.786. The topological polar surface area (TPSA) is 30.7 Å². The Morgan fingerprint density at radius 1 is 1.39 bits per heavy atom. The van der Waals surface area contributed by atoms with Crippen LogP contribution in [0.4, 0.5) is 0 Å². The lowest BCUT2D eigenvalue weighted by molar-refractivity contribution is 0.719. The van der Waals surface area contributed by atoms with Crippen LogP contribution < -0.4 is 10.6 Å². The first-order valence-corrected chi connectivity index (χ1v) is 8.76. The number of hydrogen-bond donors (Lipinski definition) is 0. The van der Waals surface area contributed by atoms with Crippen molar-refractivity contribution in [3.05, 3.63) is 22.6 Å². The number of nitrogens with zero attached hydrogens (tertiary/aromatic N) is 3. The summed E-state index contributed by atoms with van der Waals surface area (Å²) in [4.78, 5) is 9.23. The van der Waals surface area contributed by atoms with Crippen molar-refractivity contribution < 1.29 is 0 Å². The molecular weight excluding hydrogens is 337 g/mol. The molecule has 3 heterocycles. The summed E-state index contributed by atoms with van der Waals surface area (Å²) in [6.07, 6.45) is 7.52. The van der Waals surface area contributed by atoms with Crippen LogP contribution in [0.5, 0.6) is 0 Å². The molecule has 0 spiro atoms. The molecule has 3 nitrogen and oxygen atoms in total. The van der Waals surface area contributed by atoms with E-state index in [1.54, 1.807) is 0 Å². The Bertz CT molecular complexity index is 740. The minimum absolute atomic E-state index is 0.0492. The Morgan fingerprint density at radius 2 is 2.28 bits per heavy atom. The molecule has 0 aromatic carbocycles. The Morgan fingerprint density at radius 3 is 3.11 bits per heavy atom. The van der Waals surface area contributed by atoms with Crippen LogP contribution in [-0.4, -0.2) is 18.5 Å². The molecule has 2 aromatic rings. The van der Waals surface area contributed by atoms with Gasteiger partial charge in [-0.3, -0.25) is 4.98 Å². The molecule has 18 heavy (non-hydrogen) atoms. The summed E-state index contributed by atoms with van der Waals surface area (Å²) in [5.74, 6) is 1.18. The summed E-state index contributed by atoms with van der Waals surface area (Å²) < 4.78 is 6.87. The van der Waals surface area contributed by atoms with Crippen LogP contribution in [0.15, 0.2) is 6.20 Å². The first-order chi connectivity index (χ1) is 8.81. The Labute approximate surface area is 116 Å². The molecule has 0 N–H and O–H groups in total. The van der Waals surface area contributed by atoms with Gasteiger partial charge in [-0.25, -0.2) is 4.98 Å². The van der Waals surface area contributed by atoms with Gasteiger partial charge in [-0.1, -0.05) is 34.1 Å². The molecule has 0 saturated heterocycles. The third-order valence-corrected chi connectivity index (χ3v) is 5.05. The number of fused-ring (bicyclic) bond motifs is 3. The summed E-state index contributed by atoms with van der Waals surface area (Å²) in [6, 6.07) is 0. The molecule has 94 valence electrons. The highest BCUT2D eigenvalue weighted by molar-refractivity contribution is 14.2. The molecule has 0 fully saturated rings. The van der Waals surface area contributed by atoms with Crippen molar-refractivity contribution in [3.63, 3.8) is 0 Å². The Balaban J connectivity index is 2.27. The monoisotopic (exact) mass is 353 g/mol. The molecule has 2 aromatic heterocycles. The molecule has 0 saturated carbocycles. The molecule has 0 radical (unpaired) electrons. The van der Waals surface area contributed by atoms with Crippen molar-refractivity contribution in [2.24, 2.45) is 7.05 Å². The molecule has 0 amide bonds. The van der Waals surface area contributed by atoms with E-state index in [1.165, 1.54) is 29.4 Å². The van der Waals surface area contributed by atoms with Gasteiger partial charge in [0.25, 0.3) is 0 Å². The van der Waals surface area contributed by atoms with E-state index in [4.69, 9.17) is 4.98 Å². The zero-order valence-corrected chi connectivity index (χ0v) is 12.8. The maximum absolute atomic E-state index is 4.73. The van der Waals surface area contributed by atoms with Crippen molar-refractivity contribution in [1.82, 2.24) is 14.5 Å². The standard InChI is InChI=1S/C14H16IN3/c1-3-4-5-13-17-12-9-16-11-6-7-15-8-10(11)14(12)18(13)2/h6-9H,3-5H2,1-2H3. The number of imidazole rings is 1. The van der Waals surface area contributed by atoms with Crippen LogP contribution >= 0.6 is 20.7 Å². The van der Waals surface area contributed by atoms with Gasteiger partial charge in [0.05, 0.1) is 17.1 Å². The number of unbranched alkanes of at least 4 members (excludes halogenated alkanes) is 1. The van der Waals surface area contributed by atoms with Gasteiger partial charge in [0.2, 0.25) is 0 Å². The highest BCUT2D eigenvalue weighted by Gasteiger charge is 2.09. The summed E-state index contributed by atoms with van der Waals surface area (Å²) in [6.45, 7) is 2.22. The fraction of sp³-hybridized carbons (Fsp3) is 0.357. The van der Waals surface area contributed by atoms with Crippen molar-refractivity contribution in [3.8, 4) is 0 Å². The van der Waals surface area contributed by atoms with Gasteiger partial charge in [-0.15, -0.1) is 0 Å². The van der Waals surface area contributed by atoms with E-state index in [1.807, 2.05) is 6.20 Å². The number of aryl methyl sites for hydroxylation is 2. The van der Waals surface area contributed by atoms with E-state index in [-0.39, 0.29) is 20.7 Å². The van der Waals surface area contributed by atoms with E-state index in [9.17, 15) is 0 Å². The van der Waals surface area contributed by atoms with E-state index in [0.717, 1.165) is 17.3 Å². The van der Waals surface area contributed by atoms with E-state index in [0.29, 0.717) is 0 Å². The molecular formula is C14H16IN3. The SMILES string of the molecule is CCCCc1nc2cnc3c(c2n1C)=CI=CC=3. The third-order valence-electron chi connectivity index (χ3n) is 3.29. The molecule has 0 unspecified atom stereocenters. The second-order valence-electron chi connectivity index (χ2n) is 4.51. The lowest BCUT2D eigenvalue weighted by Crippen LogP contribution is -2.30. The largest absolute Gasteiger partial charge is 0.331 e. The fourth-order valence-corrected chi connectivity index (χ4v) is 4.02. The fourth-order valence-electron chi connectivity index (χ4n) is 2.29. The van der Waals surface area contributed by atoms with Gasteiger partial charge in [-0.2, -0.15) is 0 Å². The lowest BCUT2D eigenvalue weighted by atomic mass is 10.2. The Hall–Kier alpha value is -1.04. The van der Waals surface area contributed by atoms with Gasteiger partial charge in [0, 0.05) is 18.7 Å². The van der Waals surface area contributed by atoms with Crippen LogP contribution in [0, 0.1) is 0 Å². The average Bonchev–Trinajstić information content (AvgIpc) is 2.73. The second-order valence-corrected chi connectivity index (χ2v) is 6.57. The van der Waals surface area contributed by atoms with Crippen molar-refractivity contribution in [2.75, 3.05) is 0 Å². The molecule has 4 heteroatoms. The molecule has 0 aliphatic carbocycles. The van der Waals surface area contributed by atoms with E-state index < -0.39 is 0 Å². The summed E-state index contributed by atoms with van der Waals surface area (Å²) in [5, 5.41) is 2.39. The van der Waals surface area contributed by atoms with Gasteiger partial charge in [-0.05, 0) is 20.6 Å². The normalized spacial score (nSPS) is 13.7. The maximum atomic E-state index is 4.73. The molecule has 0 bridgehead atoms. The highest BCUT2D eigenvalue weighted by Crippen LogP contribution is 2.12. The Kier molecular flexibility index (Phi) is 3.28. The highest BCUT2D eigenvalue weighted by atomic mass is 127. The molecule has 1 aliphatic rings. The summed E-state index contributed by atoms with van der Waals surface area (Å²) in [7, 11) is 2.13. The molecule has 3 rings (SSSR count). The van der Waals surface area contributed by atoms with E-state index >= 15 is 0 Å². The van der Waals surface area contributed by atoms with Crippen molar-refractivity contribution in [1.29, 1.82) is 0 Å².